The highest BCUT2D eigenvalue weighted by molar-refractivity contribution is 5.98. The van der Waals surface area contributed by atoms with Crippen LogP contribution in [0.5, 0.6) is 5.75 Å². The van der Waals surface area contributed by atoms with Crippen LogP contribution >= 0.6 is 0 Å². The smallest absolute Gasteiger partial charge is 0.344 e. The van der Waals surface area contributed by atoms with Crippen LogP contribution < -0.4 is 10.1 Å². The number of carbonyl (C=O) groups excluding carboxylic acids is 2. The Morgan fingerprint density at radius 1 is 0.933 bits per heavy atom. The molecule has 0 saturated heterocycles. The van der Waals surface area contributed by atoms with Crippen LogP contribution in [0.2, 0.25) is 0 Å². The van der Waals surface area contributed by atoms with Gasteiger partial charge in [0.2, 0.25) is 0 Å². The Bertz CT molecular complexity index is 1030. The topological polar surface area (TPSA) is 64.6 Å². The first-order chi connectivity index (χ1) is 14.4. The number of anilines is 1. The fourth-order valence-electron chi connectivity index (χ4n) is 2.98. The molecule has 0 unspecified atom stereocenters. The van der Waals surface area contributed by atoms with Gasteiger partial charge in [-0.05, 0) is 49.6 Å². The van der Waals surface area contributed by atoms with Crippen molar-refractivity contribution in [2.75, 3.05) is 11.9 Å². The minimum Gasteiger partial charge on any atom is -0.482 e. The third-order valence-corrected chi connectivity index (χ3v) is 4.64. The number of nitrogens with one attached hydrogen (secondary N) is 1. The van der Waals surface area contributed by atoms with Crippen molar-refractivity contribution in [3.05, 3.63) is 83.9 Å². The standard InChI is InChI=1S/C25H25NO4/c1-17-13-14-18(2)23(15-17)29-16-24(27)30-19(3)25(28)26-22-12-8-7-11-21(22)20-9-5-4-6-10-20/h4-15,19H,16H2,1-3H3,(H,26,28)/t19-/m0/s1. The van der Waals surface area contributed by atoms with Crippen LogP contribution in [0, 0.1) is 13.8 Å². The van der Waals surface area contributed by atoms with Crippen molar-refractivity contribution in [1.82, 2.24) is 0 Å². The Hall–Kier alpha value is -3.60. The normalized spacial score (nSPS) is 11.4. The number of benzene rings is 3. The van der Waals surface area contributed by atoms with E-state index in [4.69, 9.17) is 9.47 Å². The second-order valence-electron chi connectivity index (χ2n) is 7.09. The number of esters is 1. The maximum Gasteiger partial charge on any atom is 0.344 e. The molecule has 0 radical (unpaired) electrons. The first kappa shape index (κ1) is 21.1. The summed E-state index contributed by atoms with van der Waals surface area (Å²) in [7, 11) is 0. The van der Waals surface area contributed by atoms with Crippen LogP contribution in [0.1, 0.15) is 18.1 Å². The van der Waals surface area contributed by atoms with E-state index in [9.17, 15) is 9.59 Å². The van der Waals surface area contributed by atoms with Crippen molar-refractivity contribution >= 4 is 17.6 Å². The van der Waals surface area contributed by atoms with Crippen molar-refractivity contribution in [3.8, 4) is 16.9 Å². The predicted octanol–water partition coefficient (Wildman–Crippen LogP) is 4.92. The maximum absolute atomic E-state index is 12.6. The van der Waals surface area contributed by atoms with Crippen molar-refractivity contribution in [2.45, 2.75) is 26.9 Å². The van der Waals surface area contributed by atoms with Gasteiger partial charge in [-0.2, -0.15) is 0 Å². The quantitative estimate of drug-likeness (QED) is 0.569. The SMILES string of the molecule is Cc1ccc(C)c(OCC(=O)O[C@@H](C)C(=O)Nc2ccccc2-c2ccccc2)c1. The molecule has 3 rings (SSSR count). The summed E-state index contributed by atoms with van der Waals surface area (Å²) in [5.74, 6) is -0.380. The van der Waals surface area contributed by atoms with Crippen LogP contribution in [0.4, 0.5) is 5.69 Å². The predicted molar refractivity (Wildman–Crippen MR) is 117 cm³/mol. The van der Waals surface area contributed by atoms with Gasteiger partial charge in [0, 0.05) is 11.3 Å². The molecule has 0 bridgehead atoms. The van der Waals surface area contributed by atoms with E-state index >= 15 is 0 Å². The van der Waals surface area contributed by atoms with E-state index in [-0.39, 0.29) is 6.61 Å². The van der Waals surface area contributed by atoms with E-state index in [1.165, 1.54) is 6.92 Å². The fraction of sp³-hybridized carbons (Fsp3) is 0.200. The molecule has 5 nitrogen and oxygen atoms in total. The molecule has 154 valence electrons. The van der Waals surface area contributed by atoms with Gasteiger partial charge in [0.15, 0.2) is 12.7 Å². The van der Waals surface area contributed by atoms with Crippen LogP contribution in [-0.2, 0) is 14.3 Å². The molecule has 5 heteroatoms. The van der Waals surface area contributed by atoms with Crippen LogP contribution in [0.15, 0.2) is 72.8 Å². The lowest BCUT2D eigenvalue weighted by Gasteiger charge is -2.16. The van der Waals surface area contributed by atoms with Crippen molar-refractivity contribution < 1.29 is 19.1 Å². The van der Waals surface area contributed by atoms with E-state index in [1.807, 2.05) is 86.6 Å². The number of hydrogen-bond donors (Lipinski definition) is 1. The fourth-order valence-corrected chi connectivity index (χ4v) is 2.98. The first-order valence-corrected chi connectivity index (χ1v) is 9.79. The summed E-state index contributed by atoms with van der Waals surface area (Å²) in [4.78, 5) is 24.7. The second-order valence-corrected chi connectivity index (χ2v) is 7.09. The zero-order valence-corrected chi connectivity index (χ0v) is 17.3. The number of amides is 1. The molecular weight excluding hydrogens is 378 g/mol. The average molecular weight is 403 g/mol. The summed E-state index contributed by atoms with van der Waals surface area (Å²) in [6, 6.07) is 23.0. The maximum atomic E-state index is 12.6. The molecule has 3 aromatic rings. The molecule has 1 atom stereocenters. The zero-order valence-electron chi connectivity index (χ0n) is 17.3. The number of hydrogen-bond acceptors (Lipinski definition) is 4. The molecule has 0 spiro atoms. The van der Waals surface area contributed by atoms with Gasteiger partial charge in [0.05, 0.1) is 0 Å². The number of ether oxygens (including phenoxy) is 2. The van der Waals surface area contributed by atoms with Gasteiger partial charge < -0.3 is 14.8 Å². The molecule has 1 N–H and O–H groups in total. The Labute approximate surface area is 176 Å². The summed E-state index contributed by atoms with van der Waals surface area (Å²) in [5.41, 5.74) is 4.50. The first-order valence-electron chi connectivity index (χ1n) is 9.79. The van der Waals surface area contributed by atoms with E-state index in [0.29, 0.717) is 11.4 Å². The second kappa shape index (κ2) is 9.74. The van der Waals surface area contributed by atoms with Crippen LogP contribution in [-0.4, -0.2) is 24.6 Å². The lowest BCUT2D eigenvalue weighted by Crippen LogP contribution is -2.31. The lowest BCUT2D eigenvalue weighted by atomic mass is 10.0. The van der Waals surface area contributed by atoms with Gasteiger partial charge in [0.1, 0.15) is 5.75 Å². The Morgan fingerprint density at radius 2 is 1.63 bits per heavy atom. The third kappa shape index (κ3) is 5.47. The molecule has 0 aromatic heterocycles. The monoisotopic (exact) mass is 403 g/mol. The molecule has 0 fully saturated rings. The van der Waals surface area contributed by atoms with Gasteiger partial charge >= 0.3 is 5.97 Å². The Balaban J connectivity index is 1.59. The summed E-state index contributed by atoms with van der Waals surface area (Å²) in [6.07, 6.45) is -0.955. The minimum absolute atomic E-state index is 0.261. The summed E-state index contributed by atoms with van der Waals surface area (Å²) in [6.45, 7) is 5.13. The molecule has 0 aliphatic carbocycles. The highest BCUT2D eigenvalue weighted by Crippen LogP contribution is 2.27. The summed E-state index contributed by atoms with van der Waals surface area (Å²) in [5, 5.41) is 2.85. The van der Waals surface area contributed by atoms with E-state index in [1.54, 1.807) is 0 Å². The third-order valence-electron chi connectivity index (χ3n) is 4.64. The minimum atomic E-state index is -0.955. The highest BCUT2D eigenvalue weighted by Gasteiger charge is 2.19. The molecule has 3 aromatic carbocycles. The van der Waals surface area contributed by atoms with Gasteiger partial charge in [0.25, 0.3) is 5.91 Å². The van der Waals surface area contributed by atoms with Gasteiger partial charge in [-0.1, -0.05) is 60.7 Å². The van der Waals surface area contributed by atoms with Crippen molar-refractivity contribution in [2.24, 2.45) is 0 Å². The van der Waals surface area contributed by atoms with Gasteiger partial charge in [-0.3, -0.25) is 4.79 Å². The van der Waals surface area contributed by atoms with E-state index in [2.05, 4.69) is 5.32 Å². The Kier molecular flexibility index (Phi) is 6.86. The molecular formula is C25H25NO4. The molecule has 1 amide bonds. The summed E-state index contributed by atoms with van der Waals surface area (Å²) >= 11 is 0. The summed E-state index contributed by atoms with van der Waals surface area (Å²) < 4.78 is 10.8. The number of rotatable bonds is 7. The van der Waals surface area contributed by atoms with Crippen LogP contribution in [0.25, 0.3) is 11.1 Å². The molecule has 0 aliphatic heterocycles. The van der Waals surface area contributed by atoms with Crippen molar-refractivity contribution in [3.63, 3.8) is 0 Å². The Morgan fingerprint density at radius 3 is 2.40 bits per heavy atom. The number of aryl methyl sites for hydroxylation is 2. The highest BCUT2D eigenvalue weighted by atomic mass is 16.6. The number of carbonyl (C=O) groups is 2. The molecule has 0 heterocycles. The molecule has 0 saturated carbocycles. The van der Waals surface area contributed by atoms with E-state index < -0.39 is 18.0 Å². The largest absolute Gasteiger partial charge is 0.482 e. The zero-order chi connectivity index (χ0) is 21.5. The van der Waals surface area contributed by atoms with Crippen molar-refractivity contribution in [1.29, 1.82) is 0 Å². The average Bonchev–Trinajstić information content (AvgIpc) is 2.75. The van der Waals surface area contributed by atoms with E-state index in [0.717, 1.165) is 22.3 Å². The van der Waals surface area contributed by atoms with Crippen LogP contribution in [0.3, 0.4) is 0 Å². The van der Waals surface area contributed by atoms with Gasteiger partial charge in [-0.15, -0.1) is 0 Å². The number of para-hydroxylation sites is 1. The molecule has 30 heavy (non-hydrogen) atoms. The molecule has 0 aliphatic rings. The van der Waals surface area contributed by atoms with Gasteiger partial charge in [-0.25, -0.2) is 4.79 Å². The lowest BCUT2D eigenvalue weighted by molar-refractivity contribution is -0.155.